The Morgan fingerprint density at radius 1 is 1.12 bits per heavy atom. The van der Waals surface area contributed by atoms with E-state index in [4.69, 9.17) is 4.74 Å². The highest BCUT2D eigenvalue weighted by Crippen LogP contribution is 2.56. The number of ketones is 1. The van der Waals surface area contributed by atoms with Gasteiger partial charge in [-0.1, -0.05) is 71.2 Å². The highest BCUT2D eigenvalue weighted by Gasteiger charge is 2.43. The van der Waals surface area contributed by atoms with Crippen LogP contribution in [0.2, 0.25) is 0 Å². The number of hydrogen-bond acceptors (Lipinski definition) is 2. The first-order valence-electron chi connectivity index (χ1n) is 12.9. The van der Waals surface area contributed by atoms with E-state index in [-0.39, 0.29) is 5.78 Å². The van der Waals surface area contributed by atoms with Crippen LogP contribution >= 0.6 is 0 Å². The third-order valence-electron chi connectivity index (χ3n) is 7.56. The van der Waals surface area contributed by atoms with Crippen LogP contribution in [0.15, 0.2) is 60.8 Å². The fraction of sp³-hybridized carbons (Fsp3) is 0.645. The summed E-state index contributed by atoms with van der Waals surface area (Å²) in [6, 6.07) is 0. The fourth-order valence-electron chi connectivity index (χ4n) is 5.87. The summed E-state index contributed by atoms with van der Waals surface area (Å²) in [6.45, 7) is 17.9. The number of allylic oxidation sites excluding steroid dienone is 6. The Morgan fingerprint density at radius 3 is 2.45 bits per heavy atom. The van der Waals surface area contributed by atoms with Crippen LogP contribution in [-0.2, 0) is 9.53 Å². The van der Waals surface area contributed by atoms with Crippen molar-refractivity contribution in [2.45, 2.75) is 91.9 Å². The lowest BCUT2D eigenvalue weighted by Crippen LogP contribution is -2.21. The Hall–Kier alpha value is -1.67. The standard InChI is InChI=1S/C31H48O2/c1-8-9-10-11-27(23-33-7)12-13-28(32)25(2)14-18-31(20-21-31)19-16-26-15-17-30(6,22-26)24-29(3,4)5/h8-13,26H,1-2,14-24H2,3-7H3/b10-9-,13-12+,27-11-/t26-,30?/m0/s1. The lowest BCUT2D eigenvalue weighted by molar-refractivity contribution is -0.111. The molecule has 0 aromatic carbocycles. The van der Waals surface area contributed by atoms with E-state index in [1.807, 2.05) is 24.3 Å². The van der Waals surface area contributed by atoms with Crippen LogP contribution in [0.25, 0.3) is 0 Å². The van der Waals surface area contributed by atoms with Gasteiger partial charge in [-0.2, -0.15) is 0 Å². The maximum Gasteiger partial charge on any atom is 0.181 e. The molecule has 2 nitrogen and oxygen atoms in total. The highest BCUT2D eigenvalue weighted by molar-refractivity contribution is 6.03. The van der Waals surface area contributed by atoms with Gasteiger partial charge in [0.1, 0.15) is 0 Å². The summed E-state index contributed by atoms with van der Waals surface area (Å²) in [6.07, 6.45) is 23.7. The number of carbonyl (C=O) groups excluding carboxylic acids is 1. The number of carbonyl (C=O) groups is 1. The Morgan fingerprint density at radius 2 is 1.85 bits per heavy atom. The maximum absolute atomic E-state index is 12.6. The van der Waals surface area contributed by atoms with E-state index in [0.717, 1.165) is 29.9 Å². The quantitative estimate of drug-likeness (QED) is 0.195. The molecule has 0 amide bonds. The zero-order valence-corrected chi connectivity index (χ0v) is 22.1. The van der Waals surface area contributed by atoms with Gasteiger partial charge in [-0.3, -0.25) is 4.79 Å². The van der Waals surface area contributed by atoms with Gasteiger partial charge >= 0.3 is 0 Å². The van der Waals surface area contributed by atoms with Gasteiger partial charge in [0.05, 0.1) is 6.61 Å². The molecule has 0 aliphatic heterocycles. The van der Waals surface area contributed by atoms with E-state index < -0.39 is 0 Å². The summed E-state index contributed by atoms with van der Waals surface area (Å²) in [5, 5.41) is 0. The van der Waals surface area contributed by atoms with Crippen LogP contribution in [0.1, 0.15) is 91.9 Å². The second-order valence-electron chi connectivity index (χ2n) is 12.3. The molecular formula is C31H48O2. The Labute approximate surface area is 204 Å². The van der Waals surface area contributed by atoms with Gasteiger partial charge in [0.25, 0.3) is 0 Å². The van der Waals surface area contributed by atoms with Crippen molar-refractivity contribution in [1.29, 1.82) is 0 Å². The molecule has 2 heteroatoms. The van der Waals surface area contributed by atoms with E-state index in [9.17, 15) is 4.79 Å². The van der Waals surface area contributed by atoms with E-state index >= 15 is 0 Å². The second-order valence-corrected chi connectivity index (χ2v) is 12.3. The minimum absolute atomic E-state index is 0.0363. The molecule has 0 heterocycles. The SMILES string of the molecule is C=C\C=C/C=C(/C=C/C(=O)C(=C)CCC1(CC[C@@H]2CCC(C)(CC(C)(C)C)C2)CC1)COC. The molecule has 0 saturated heterocycles. The van der Waals surface area contributed by atoms with Crippen LogP contribution in [0, 0.1) is 22.2 Å². The van der Waals surface area contributed by atoms with Gasteiger partial charge in [0, 0.05) is 7.11 Å². The van der Waals surface area contributed by atoms with Gasteiger partial charge < -0.3 is 4.74 Å². The zero-order valence-electron chi connectivity index (χ0n) is 22.1. The number of methoxy groups -OCH3 is 1. The summed E-state index contributed by atoms with van der Waals surface area (Å²) >= 11 is 0. The normalized spacial score (nSPS) is 25.1. The predicted molar refractivity (Wildman–Crippen MR) is 142 cm³/mol. The molecule has 0 radical (unpaired) electrons. The molecule has 0 aromatic rings. The molecule has 0 aromatic heterocycles. The Kier molecular flexibility index (Phi) is 10.2. The average Bonchev–Trinajstić information content (AvgIpc) is 3.42. The van der Waals surface area contributed by atoms with Crippen molar-refractivity contribution < 1.29 is 9.53 Å². The number of hydrogen-bond donors (Lipinski definition) is 0. The molecule has 2 fully saturated rings. The predicted octanol–water partition coefficient (Wildman–Crippen LogP) is 8.57. The monoisotopic (exact) mass is 452 g/mol. The summed E-state index contributed by atoms with van der Waals surface area (Å²) in [7, 11) is 1.66. The number of ether oxygens (including phenoxy) is 1. The summed E-state index contributed by atoms with van der Waals surface area (Å²) in [5.74, 6) is 0.929. The van der Waals surface area contributed by atoms with E-state index in [0.29, 0.717) is 22.9 Å². The van der Waals surface area contributed by atoms with Crippen molar-refractivity contribution in [3.63, 3.8) is 0 Å². The summed E-state index contributed by atoms with van der Waals surface area (Å²) < 4.78 is 5.22. The molecule has 1 unspecified atom stereocenters. The molecule has 2 saturated carbocycles. The topological polar surface area (TPSA) is 26.3 Å². The fourth-order valence-corrected chi connectivity index (χ4v) is 5.87. The highest BCUT2D eigenvalue weighted by atomic mass is 16.5. The molecule has 33 heavy (non-hydrogen) atoms. The third kappa shape index (κ3) is 10.0. The van der Waals surface area contributed by atoms with Crippen LogP contribution in [0.5, 0.6) is 0 Å². The molecule has 2 rings (SSSR count). The van der Waals surface area contributed by atoms with Crippen LogP contribution in [0.3, 0.4) is 0 Å². The molecule has 2 atom stereocenters. The van der Waals surface area contributed by atoms with Gasteiger partial charge in [0.15, 0.2) is 5.78 Å². The first-order chi connectivity index (χ1) is 15.5. The van der Waals surface area contributed by atoms with Crippen molar-refractivity contribution >= 4 is 5.78 Å². The third-order valence-corrected chi connectivity index (χ3v) is 7.56. The maximum atomic E-state index is 12.6. The average molecular weight is 453 g/mol. The van der Waals surface area contributed by atoms with E-state index in [1.165, 1.54) is 51.4 Å². The first kappa shape index (κ1) is 27.6. The summed E-state index contributed by atoms with van der Waals surface area (Å²) in [4.78, 5) is 12.6. The largest absolute Gasteiger partial charge is 0.380 e. The Balaban J connectivity index is 1.78. The molecule has 0 spiro atoms. The van der Waals surface area contributed by atoms with Crippen molar-refractivity contribution in [3.05, 3.63) is 60.8 Å². The lowest BCUT2D eigenvalue weighted by atomic mass is 9.73. The summed E-state index contributed by atoms with van der Waals surface area (Å²) in [5.41, 5.74) is 3.11. The van der Waals surface area contributed by atoms with Gasteiger partial charge in [-0.15, -0.1) is 0 Å². The van der Waals surface area contributed by atoms with Gasteiger partial charge in [0.2, 0.25) is 0 Å². The Bertz CT molecular complexity index is 769. The molecule has 2 aliphatic carbocycles. The molecule has 0 N–H and O–H groups in total. The molecule has 0 bridgehead atoms. The zero-order chi connectivity index (χ0) is 24.5. The number of rotatable bonds is 14. The van der Waals surface area contributed by atoms with E-state index in [2.05, 4.69) is 40.9 Å². The lowest BCUT2D eigenvalue weighted by Gasteiger charge is -2.32. The van der Waals surface area contributed by atoms with Crippen LogP contribution in [-0.4, -0.2) is 19.5 Å². The van der Waals surface area contributed by atoms with Gasteiger partial charge in [-0.05, 0) is 104 Å². The minimum atomic E-state index is 0.0363. The van der Waals surface area contributed by atoms with Crippen molar-refractivity contribution in [1.82, 2.24) is 0 Å². The first-order valence-corrected chi connectivity index (χ1v) is 12.9. The van der Waals surface area contributed by atoms with Gasteiger partial charge in [-0.25, -0.2) is 0 Å². The minimum Gasteiger partial charge on any atom is -0.380 e. The van der Waals surface area contributed by atoms with Crippen LogP contribution in [0.4, 0.5) is 0 Å². The van der Waals surface area contributed by atoms with Crippen molar-refractivity contribution in [3.8, 4) is 0 Å². The second kappa shape index (κ2) is 12.2. The smallest absolute Gasteiger partial charge is 0.181 e. The van der Waals surface area contributed by atoms with Crippen LogP contribution < -0.4 is 0 Å². The van der Waals surface area contributed by atoms with E-state index in [1.54, 1.807) is 19.3 Å². The molecule has 184 valence electrons. The molecular weight excluding hydrogens is 404 g/mol. The molecule has 2 aliphatic rings. The van der Waals surface area contributed by atoms with Crippen molar-refractivity contribution in [2.75, 3.05) is 13.7 Å². The van der Waals surface area contributed by atoms with Crippen molar-refractivity contribution in [2.24, 2.45) is 22.2 Å².